The molecule has 1 aromatic rings. The molecule has 17 heavy (non-hydrogen) atoms. The molecule has 0 saturated heterocycles. The monoisotopic (exact) mass is 298 g/mol. The van der Waals surface area contributed by atoms with Crippen molar-refractivity contribution in [3.8, 4) is 0 Å². The number of carbonyl (C=O) groups is 1. The topological polar surface area (TPSA) is 55.1 Å². The van der Waals surface area contributed by atoms with Crippen molar-refractivity contribution >= 4 is 27.5 Å². The van der Waals surface area contributed by atoms with E-state index in [4.69, 9.17) is 5.73 Å². The normalized spacial score (nSPS) is 10.3. The summed E-state index contributed by atoms with van der Waals surface area (Å²) in [5, 5.41) is 2.92. The van der Waals surface area contributed by atoms with Gasteiger partial charge in [-0.15, -0.1) is 0 Å². The number of benzene rings is 1. The summed E-state index contributed by atoms with van der Waals surface area (Å²) < 4.78 is 1.02. The zero-order valence-electron chi connectivity index (χ0n) is 10.1. The van der Waals surface area contributed by atoms with Gasteiger partial charge in [-0.1, -0.05) is 22.4 Å². The zero-order valence-corrected chi connectivity index (χ0v) is 11.7. The predicted octanol–water partition coefficient (Wildman–Crippen LogP) is 3.22. The molecule has 0 bridgehead atoms. The standard InChI is InChI=1S/C13H19BrN2O/c1-10-9-11(14)6-7-12(10)16-13(17)5-3-2-4-8-15/h6-7,9H,2-5,8,15H2,1H3,(H,16,17). The number of nitrogens with one attached hydrogen (secondary N) is 1. The van der Waals surface area contributed by atoms with E-state index in [0.717, 1.165) is 35.0 Å². The van der Waals surface area contributed by atoms with Crippen molar-refractivity contribution in [2.75, 3.05) is 11.9 Å². The molecule has 94 valence electrons. The molecule has 1 amide bonds. The fraction of sp³-hybridized carbons (Fsp3) is 0.462. The molecule has 0 radical (unpaired) electrons. The maximum Gasteiger partial charge on any atom is 0.224 e. The van der Waals surface area contributed by atoms with Gasteiger partial charge in [0, 0.05) is 16.6 Å². The molecule has 3 nitrogen and oxygen atoms in total. The first kappa shape index (κ1) is 14.2. The Morgan fingerprint density at radius 2 is 2.12 bits per heavy atom. The highest BCUT2D eigenvalue weighted by Gasteiger charge is 2.04. The van der Waals surface area contributed by atoms with Crippen LogP contribution in [-0.2, 0) is 4.79 Å². The van der Waals surface area contributed by atoms with E-state index in [9.17, 15) is 4.79 Å². The Balaban J connectivity index is 2.40. The molecular formula is C13H19BrN2O. The molecule has 3 N–H and O–H groups in total. The first-order chi connectivity index (χ1) is 8.13. The van der Waals surface area contributed by atoms with Crippen molar-refractivity contribution in [2.24, 2.45) is 5.73 Å². The van der Waals surface area contributed by atoms with Crippen LogP contribution in [0.2, 0.25) is 0 Å². The van der Waals surface area contributed by atoms with Gasteiger partial charge in [0.15, 0.2) is 0 Å². The molecule has 0 fully saturated rings. The fourth-order valence-corrected chi connectivity index (χ4v) is 2.06. The van der Waals surface area contributed by atoms with Crippen LogP contribution >= 0.6 is 15.9 Å². The average molecular weight is 299 g/mol. The van der Waals surface area contributed by atoms with Crippen LogP contribution in [-0.4, -0.2) is 12.5 Å². The molecule has 0 saturated carbocycles. The Kier molecular flexibility index (Phi) is 6.22. The number of hydrogen-bond donors (Lipinski definition) is 2. The van der Waals surface area contributed by atoms with Gasteiger partial charge in [-0.2, -0.15) is 0 Å². The lowest BCUT2D eigenvalue weighted by molar-refractivity contribution is -0.116. The van der Waals surface area contributed by atoms with Crippen LogP contribution in [0.5, 0.6) is 0 Å². The number of hydrogen-bond acceptors (Lipinski definition) is 2. The lowest BCUT2D eigenvalue weighted by atomic mass is 10.1. The van der Waals surface area contributed by atoms with Gasteiger partial charge in [0.25, 0.3) is 0 Å². The van der Waals surface area contributed by atoms with E-state index in [1.807, 2.05) is 25.1 Å². The summed E-state index contributed by atoms with van der Waals surface area (Å²) in [6.07, 6.45) is 3.47. The molecule has 1 aromatic carbocycles. The van der Waals surface area contributed by atoms with Gasteiger partial charge in [0.2, 0.25) is 5.91 Å². The molecule has 0 spiro atoms. The first-order valence-electron chi connectivity index (χ1n) is 5.89. The van der Waals surface area contributed by atoms with Gasteiger partial charge in [0.1, 0.15) is 0 Å². The number of unbranched alkanes of at least 4 members (excludes halogenated alkanes) is 2. The first-order valence-corrected chi connectivity index (χ1v) is 6.69. The molecule has 0 unspecified atom stereocenters. The Labute approximate surface area is 111 Å². The van der Waals surface area contributed by atoms with E-state index in [1.54, 1.807) is 0 Å². The van der Waals surface area contributed by atoms with Gasteiger partial charge in [0.05, 0.1) is 0 Å². The fourth-order valence-electron chi connectivity index (χ4n) is 1.59. The van der Waals surface area contributed by atoms with Crippen LogP contribution in [0.1, 0.15) is 31.2 Å². The summed E-state index contributed by atoms with van der Waals surface area (Å²) in [5.74, 6) is 0.0763. The number of halogens is 1. The SMILES string of the molecule is Cc1cc(Br)ccc1NC(=O)CCCCCN. The number of nitrogens with two attached hydrogens (primary N) is 1. The van der Waals surface area contributed by atoms with E-state index < -0.39 is 0 Å². The van der Waals surface area contributed by atoms with Crippen molar-refractivity contribution in [2.45, 2.75) is 32.6 Å². The lowest BCUT2D eigenvalue weighted by Gasteiger charge is -2.08. The molecule has 0 atom stereocenters. The molecule has 1 rings (SSSR count). The van der Waals surface area contributed by atoms with Crippen LogP contribution in [0.3, 0.4) is 0 Å². The molecule has 0 aliphatic carbocycles. The van der Waals surface area contributed by atoms with E-state index >= 15 is 0 Å². The van der Waals surface area contributed by atoms with Crippen LogP contribution in [0.15, 0.2) is 22.7 Å². The highest BCUT2D eigenvalue weighted by atomic mass is 79.9. The third kappa shape index (κ3) is 5.33. The zero-order chi connectivity index (χ0) is 12.7. The van der Waals surface area contributed by atoms with E-state index in [2.05, 4.69) is 21.2 Å². The summed E-state index contributed by atoms with van der Waals surface area (Å²) in [5.41, 5.74) is 7.35. The smallest absolute Gasteiger partial charge is 0.224 e. The molecule has 0 aromatic heterocycles. The van der Waals surface area contributed by atoms with Crippen molar-refractivity contribution in [3.63, 3.8) is 0 Å². The highest BCUT2D eigenvalue weighted by molar-refractivity contribution is 9.10. The minimum atomic E-state index is 0.0763. The van der Waals surface area contributed by atoms with Crippen molar-refractivity contribution in [1.82, 2.24) is 0 Å². The third-order valence-corrected chi connectivity index (χ3v) is 3.06. The molecular weight excluding hydrogens is 280 g/mol. The maximum atomic E-state index is 11.7. The van der Waals surface area contributed by atoms with Gasteiger partial charge in [-0.25, -0.2) is 0 Å². The van der Waals surface area contributed by atoms with E-state index in [1.165, 1.54) is 0 Å². The minimum absolute atomic E-state index is 0.0763. The lowest BCUT2D eigenvalue weighted by Crippen LogP contribution is -2.12. The van der Waals surface area contributed by atoms with Crippen LogP contribution < -0.4 is 11.1 Å². The second kappa shape index (κ2) is 7.45. The molecule has 0 aliphatic heterocycles. The third-order valence-electron chi connectivity index (χ3n) is 2.57. The summed E-state index contributed by atoms with van der Waals surface area (Å²) in [6.45, 7) is 2.68. The summed E-state index contributed by atoms with van der Waals surface area (Å²) in [6, 6.07) is 5.83. The van der Waals surface area contributed by atoms with Crippen LogP contribution in [0.4, 0.5) is 5.69 Å². The average Bonchev–Trinajstić information content (AvgIpc) is 2.28. The Bertz CT molecular complexity index is 380. The minimum Gasteiger partial charge on any atom is -0.330 e. The predicted molar refractivity (Wildman–Crippen MR) is 75.0 cm³/mol. The van der Waals surface area contributed by atoms with Crippen LogP contribution in [0, 0.1) is 6.92 Å². The Hall–Kier alpha value is -0.870. The summed E-state index contributed by atoms with van der Waals surface area (Å²) >= 11 is 3.40. The highest BCUT2D eigenvalue weighted by Crippen LogP contribution is 2.20. The molecule has 4 heteroatoms. The number of amides is 1. The van der Waals surface area contributed by atoms with Gasteiger partial charge >= 0.3 is 0 Å². The van der Waals surface area contributed by atoms with E-state index in [-0.39, 0.29) is 5.91 Å². The largest absolute Gasteiger partial charge is 0.330 e. The second-order valence-electron chi connectivity index (χ2n) is 4.11. The van der Waals surface area contributed by atoms with Crippen molar-refractivity contribution < 1.29 is 4.79 Å². The summed E-state index contributed by atoms with van der Waals surface area (Å²) in [4.78, 5) is 11.7. The molecule has 0 heterocycles. The number of rotatable bonds is 6. The maximum absolute atomic E-state index is 11.7. The van der Waals surface area contributed by atoms with Crippen molar-refractivity contribution in [3.05, 3.63) is 28.2 Å². The Morgan fingerprint density at radius 3 is 2.76 bits per heavy atom. The van der Waals surface area contributed by atoms with Gasteiger partial charge in [-0.3, -0.25) is 4.79 Å². The number of carbonyl (C=O) groups excluding carboxylic acids is 1. The number of aryl methyl sites for hydroxylation is 1. The molecule has 0 aliphatic rings. The van der Waals surface area contributed by atoms with Gasteiger partial charge in [-0.05, 0) is 50.1 Å². The van der Waals surface area contributed by atoms with Gasteiger partial charge < -0.3 is 11.1 Å². The van der Waals surface area contributed by atoms with Crippen LogP contribution in [0.25, 0.3) is 0 Å². The van der Waals surface area contributed by atoms with Crippen molar-refractivity contribution in [1.29, 1.82) is 0 Å². The van der Waals surface area contributed by atoms with E-state index in [0.29, 0.717) is 13.0 Å². The summed E-state index contributed by atoms with van der Waals surface area (Å²) in [7, 11) is 0. The Morgan fingerprint density at radius 1 is 1.35 bits per heavy atom. The second-order valence-corrected chi connectivity index (χ2v) is 5.02. The quantitative estimate of drug-likeness (QED) is 0.792. The number of anilines is 1.